The third-order valence-corrected chi connectivity index (χ3v) is 4.03. The molecule has 10 heteroatoms. The van der Waals surface area contributed by atoms with Crippen LogP contribution in [0.25, 0.3) is 0 Å². The fourth-order valence-corrected chi connectivity index (χ4v) is 2.53. The van der Waals surface area contributed by atoms with Crippen LogP contribution < -0.4 is 5.73 Å². The zero-order chi connectivity index (χ0) is 15.9. The average Bonchev–Trinajstić information content (AvgIpc) is 3.00. The highest BCUT2D eigenvalue weighted by Gasteiger charge is 2.23. The quantitative estimate of drug-likeness (QED) is 0.727. The Morgan fingerprint density at radius 2 is 1.83 bits per heavy atom. The van der Waals surface area contributed by atoms with Crippen molar-refractivity contribution in [3.05, 3.63) is 11.7 Å². The van der Waals surface area contributed by atoms with E-state index in [2.05, 4.69) is 33.8 Å². The molecule has 0 saturated carbocycles. The minimum Gasteiger partial charge on any atom is -0.339 e. The molecule has 2 heterocycles. The molecule has 0 radical (unpaired) electrons. The number of aromatic nitrogens is 2. The summed E-state index contributed by atoms with van der Waals surface area (Å²) in [5.41, 5.74) is 5.45. The topological polar surface area (TPSA) is 91.7 Å². The van der Waals surface area contributed by atoms with Crippen molar-refractivity contribution in [2.45, 2.75) is 26.9 Å². The third kappa shape index (κ3) is 6.52. The normalized spacial score (nSPS) is 15.1. The highest BCUT2D eigenvalue weighted by Crippen LogP contribution is 2.07. The molecule has 2 N–H and O–H groups in total. The first-order chi connectivity index (χ1) is 10.7. The van der Waals surface area contributed by atoms with E-state index >= 15 is 0 Å². The largest absolute Gasteiger partial charge is 0.339 e. The van der Waals surface area contributed by atoms with Crippen LogP contribution in [-0.2, 0) is 17.9 Å². The van der Waals surface area contributed by atoms with Crippen molar-refractivity contribution in [1.82, 2.24) is 24.8 Å². The molecule has 0 atom stereocenters. The van der Waals surface area contributed by atoms with Crippen molar-refractivity contribution in [1.29, 1.82) is 0 Å². The fourth-order valence-electron chi connectivity index (χ4n) is 2.53. The predicted octanol–water partition coefficient (Wildman–Crippen LogP) is 0.358. The van der Waals surface area contributed by atoms with Gasteiger partial charge in [-0.1, -0.05) is 19.0 Å². The smallest absolute Gasteiger partial charge is 0.240 e. The van der Waals surface area contributed by atoms with Crippen molar-refractivity contribution >= 4 is 30.7 Å². The maximum absolute atomic E-state index is 12.2. The second-order valence-corrected chi connectivity index (χ2v) is 5.43. The van der Waals surface area contributed by atoms with E-state index < -0.39 is 0 Å². The lowest BCUT2D eigenvalue weighted by molar-refractivity contribution is -0.134. The summed E-state index contributed by atoms with van der Waals surface area (Å²) < 4.78 is 5.00. The number of halogens is 2. The number of carbonyl (C=O) groups is 1. The van der Waals surface area contributed by atoms with Gasteiger partial charge in [0.25, 0.3) is 0 Å². The van der Waals surface area contributed by atoms with E-state index in [1.165, 1.54) is 0 Å². The van der Waals surface area contributed by atoms with E-state index in [1.54, 1.807) is 0 Å². The van der Waals surface area contributed by atoms with Crippen LogP contribution in [-0.4, -0.2) is 76.6 Å². The Labute approximate surface area is 155 Å². The van der Waals surface area contributed by atoms with Crippen LogP contribution in [0.15, 0.2) is 4.52 Å². The minimum atomic E-state index is 0. The average molecular weight is 383 g/mol. The molecule has 0 aliphatic carbocycles. The van der Waals surface area contributed by atoms with Gasteiger partial charge in [-0.15, -0.1) is 24.8 Å². The molecule has 8 nitrogen and oxygen atoms in total. The summed E-state index contributed by atoms with van der Waals surface area (Å²) in [6.07, 6.45) is 0. The van der Waals surface area contributed by atoms with Gasteiger partial charge < -0.3 is 15.2 Å². The van der Waals surface area contributed by atoms with E-state index in [9.17, 15) is 4.79 Å². The Morgan fingerprint density at radius 3 is 2.33 bits per heavy atom. The van der Waals surface area contributed by atoms with Gasteiger partial charge >= 0.3 is 0 Å². The van der Waals surface area contributed by atoms with Crippen molar-refractivity contribution in [2.24, 2.45) is 5.73 Å². The first-order valence-corrected chi connectivity index (χ1v) is 7.90. The van der Waals surface area contributed by atoms with Crippen LogP contribution in [0.2, 0.25) is 0 Å². The number of hydrogen-bond acceptors (Lipinski definition) is 7. The van der Waals surface area contributed by atoms with Crippen LogP contribution in [0, 0.1) is 0 Å². The molecular weight excluding hydrogens is 355 g/mol. The maximum atomic E-state index is 12.2. The Hall–Kier alpha value is -0.930. The van der Waals surface area contributed by atoms with Gasteiger partial charge in [0.2, 0.25) is 11.8 Å². The SMILES string of the molecule is CCN(CC)CC(=O)N1CCN(Cc2noc(CN)n2)CC1.Cl.Cl. The zero-order valence-electron chi connectivity index (χ0n) is 14.3. The second kappa shape index (κ2) is 11.6. The van der Waals surface area contributed by atoms with Gasteiger partial charge in [0.05, 0.1) is 19.6 Å². The zero-order valence-corrected chi connectivity index (χ0v) is 15.9. The monoisotopic (exact) mass is 382 g/mol. The number of nitrogens with zero attached hydrogens (tertiary/aromatic N) is 5. The molecule has 24 heavy (non-hydrogen) atoms. The van der Waals surface area contributed by atoms with Crippen LogP contribution in [0.4, 0.5) is 0 Å². The number of hydrogen-bond donors (Lipinski definition) is 1. The number of rotatable bonds is 7. The molecule has 1 aromatic heterocycles. The van der Waals surface area contributed by atoms with E-state index in [0.29, 0.717) is 24.8 Å². The van der Waals surface area contributed by atoms with E-state index in [1.807, 2.05) is 4.90 Å². The molecule has 1 aliphatic heterocycles. The molecule has 0 unspecified atom stereocenters. The summed E-state index contributed by atoms with van der Waals surface area (Å²) >= 11 is 0. The van der Waals surface area contributed by atoms with Crippen molar-refractivity contribution < 1.29 is 9.32 Å². The fraction of sp³-hybridized carbons (Fsp3) is 0.786. The molecule has 1 amide bonds. The number of piperazine rings is 1. The van der Waals surface area contributed by atoms with E-state index in [-0.39, 0.29) is 37.3 Å². The Kier molecular flexibility index (Phi) is 11.1. The second-order valence-electron chi connectivity index (χ2n) is 5.43. The molecular formula is C14H28Cl2N6O2. The van der Waals surface area contributed by atoms with Gasteiger partial charge in [0.1, 0.15) is 0 Å². The highest BCUT2D eigenvalue weighted by molar-refractivity contribution is 5.85. The summed E-state index contributed by atoms with van der Waals surface area (Å²) in [6.45, 7) is 10.5. The van der Waals surface area contributed by atoms with Gasteiger partial charge in [-0.25, -0.2) is 0 Å². The number of likely N-dealkylation sites (N-methyl/N-ethyl adjacent to an activating group) is 1. The first kappa shape index (κ1) is 23.1. The van der Waals surface area contributed by atoms with Gasteiger partial charge in [-0.05, 0) is 13.1 Å². The molecule has 1 aliphatic rings. The predicted molar refractivity (Wildman–Crippen MR) is 96.3 cm³/mol. The molecule has 1 aromatic rings. The molecule has 140 valence electrons. The lowest BCUT2D eigenvalue weighted by atomic mass is 10.3. The summed E-state index contributed by atoms with van der Waals surface area (Å²) in [5, 5.41) is 3.90. The molecule has 0 spiro atoms. The van der Waals surface area contributed by atoms with Gasteiger partial charge in [-0.2, -0.15) is 4.98 Å². The maximum Gasteiger partial charge on any atom is 0.240 e. The van der Waals surface area contributed by atoms with Crippen LogP contribution in [0.1, 0.15) is 25.6 Å². The van der Waals surface area contributed by atoms with Crippen LogP contribution >= 0.6 is 24.8 Å². The van der Waals surface area contributed by atoms with Gasteiger partial charge in [0, 0.05) is 26.2 Å². The summed E-state index contributed by atoms with van der Waals surface area (Å²) in [7, 11) is 0. The molecule has 1 saturated heterocycles. The van der Waals surface area contributed by atoms with Crippen molar-refractivity contribution in [3.8, 4) is 0 Å². The lowest BCUT2D eigenvalue weighted by Gasteiger charge is -2.35. The van der Waals surface area contributed by atoms with E-state index in [0.717, 1.165) is 39.3 Å². The first-order valence-electron chi connectivity index (χ1n) is 7.90. The molecule has 0 aromatic carbocycles. The number of carbonyl (C=O) groups excluding carboxylic acids is 1. The van der Waals surface area contributed by atoms with E-state index in [4.69, 9.17) is 10.3 Å². The minimum absolute atomic E-state index is 0. The lowest BCUT2D eigenvalue weighted by Crippen LogP contribution is -2.50. The number of nitrogens with two attached hydrogens (primary N) is 1. The van der Waals surface area contributed by atoms with Crippen molar-refractivity contribution in [3.63, 3.8) is 0 Å². The summed E-state index contributed by atoms with van der Waals surface area (Å²) in [5.74, 6) is 1.33. The van der Waals surface area contributed by atoms with Crippen LogP contribution in [0.5, 0.6) is 0 Å². The standard InChI is InChI=1S/C14H26N6O2.2ClH/c1-3-18(4-2)11-14(21)20-7-5-19(6-8-20)10-12-16-13(9-15)22-17-12;;/h3-11,15H2,1-2H3;2*1H. The Balaban J connectivity index is 0.00000264. The molecule has 2 rings (SSSR count). The molecule has 1 fully saturated rings. The van der Waals surface area contributed by atoms with Crippen LogP contribution in [0.3, 0.4) is 0 Å². The Bertz CT molecular complexity index is 476. The molecule has 0 bridgehead atoms. The third-order valence-electron chi connectivity index (χ3n) is 4.03. The van der Waals surface area contributed by atoms with Gasteiger partial charge in [0.15, 0.2) is 5.82 Å². The summed E-state index contributed by atoms with van der Waals surface area (Å²) in [4.78, 5) is 22.8. The Morgan fingerprint density at radius 1 is 1.21 bits per heavy atom. The highest BCUT2D eigenvalue weighted by atomic mass is 35.5. The number of amides is 1. The summed E-state index contributed by atoms with van der Waals surface area (Å²) in [6, 6.07) is 0. The van der Waals surface area contributed by atoms with Crippen molar-refractivity contribution in [2.75, 3.05) is 45.8 Å². The van der Waals surface area contributed by atoms with Gasteiger partial charge in [-0.3, -0.25) is 14.6 Å².